The second-order valence-electron chi connectivity index (χ2n) is 5.21. The highest BCUT2D eigenvalue weighted by atomic mass is 16.2. The van der Waals surface area contributed by atoms with Gasteiger partial charge in [0.25, 0.3) is 0 Å². The summed E-state index contributed by atoms with van der Waals surface area (Å²) in [5.74, 6) is 0.423. The zero-order chi connectivity index (χ0) is 15.0. The van der Waals surface area contributed by atoms with E-state index >= 15 is 0 Å². The number of hydrogen-bond donors (Lipinski definition) is 1. The molecule has 1 aliphatic rings. The van der Waals surface area contributed by atoms with Gasteiger partial charge in [-0.05, 0) is 19.1 Å². The molecule has 0 spiro atoms. The zero-order valence-electron chi connectivity index (χ0n) is 11.7. The number of benzene rings is 1. The summed E-state index contributed by atoms with van der Waals surface area (Å²) in [6, 6.07) is 9.63. The van der Waals surface area contributed by atoms with E-state index in [9.17, 15) is 10.1 Å². The van der Waals surface area contributed by atoms with Crippen LogP contribution in [0.3, 0.4) is 0 Å². The first kappa shape index (κ1) is 13.3. The molecule has 21 heavy (non-hydrogen) atoms. The minimum Gasteiger partial charge on any atom is -0.326 e. The summed E-state index contributed by atoms with van der Waals surface area (Å²) in [7, 11) is 0. The molecule has 0 aliphatic carbocycles. The van der Waals surface area contributed by atoms with Crippen LogP contribution < -0.4 is 10.6 Å². The third-order valence-electron chi connectivity index (χ3n) is 3.55. The number of anilines is 1. The first-order chi connectivity index (χ1) is 10.1. The van der Waals surface area contributed by atoms with Gasteiger partial charge in [0.15, 0.2) is 5.82 Å². The van der Waals surface area contributed by atoms with Gasteiger partial charge in [-0.15, -0.1) is 0 Å². The lowest BCUT2D eigenvalue weighted by Crippen LogP contribution is -2.30. The topological polar surface area (TPSA) is 87.9 Å². The number of aromatic nitrogens is 2. The van der Waals surface area contributed by atoms with Gasteiger partial charge in [0, 0.05) is 19.0 Å². The molecule has 1 unspecified atom stereocenters. The van der Waals surface area contributed by atoms with Crippen LogP contribution in [0.15, 0.2) is 30.5 Å². The summed E-state index contributed by atoms with van der Waals surface area (Å²) >= 11 is 0. The van der Waals surface area contributed by atoms with Crippen molar-refractivity contribution in [2.45, 2.75) is 19.4 Å². The first-order valence-electron chi connectivity index (χ1n) is 6.71. The molecule has 106 valence electrons. The Balaban J connectivity index is 2.11. The number of rotatable bonds is 2. The fourth-order valence-corrected chi connectivity index (χ4v) is 2.50. The molecule has 1 saturated heterocycles. The number of carbonyl (C=O) groups excluding carboxylic acids is 1. The van der Waals surface area contributed by atoms with Crippen LogP contribution in [0.25, 0.3) is 5.69 Å². The molecule has 0 bridgehead atoms. The summed E-state index contributed by atoms with van der Waals surface area (Å²) in [5, 5.41) is 13.5. The number of amides is 1. The summed E-state index contributed by atoms with van der Waals surface area (Å²) in [5.41, 5.74) is 8.16. The fraction of sp³-hybridized carbons (Fsp3) is 0.267. The van der Waals surface area contributed by atoms with Crippen LogP contribution in [0.4, 0.5) is 5.82 Å². The van der Waals surface area contributed by atoms with E-state index in [0.717, 1.165) is 11.3 Å². The number of aryl methyl sites for hydroxylation is 1. The van der Waals surface area contributed by atoms with Crippen LogP contribution in [0.1, 0.15) is 17.5 Å². The van der Waals surface area contributed by atoms with Crippen molar-refractivity contribution < 1.29 is 4.79 Å². The van der Waals surface area contributed by atoms with Crippen molar-refractivity contribution in [1.29, 1.82) is 5.26 Å². The average molecular weight is 281 g/mol. The summed E-state index contributed by atoms with van der Waals surface area (Å²) < 4.78 is 1.62. The monoisotopic (exact) mass is 281 g/mol. The smallest absolute Gasteiger partial charge is 0.229 e. The van der Waals surface area contributed by atoms with Crippen molar-refractivity contribution in [1.82, 2.24) is 9.78 Å². The molecule has 1 aromatic carbocycles. The Morgan fingerprint density at radius 3 is 2.67 bits per heavy atom. The number of carbonyl (C=O) groups is 1. The predicted molar refractivity (Wildman–Crippen MR) is 78.0 cm³/mol. The molecule has 3 rings (SSSR count). The quantitative estimate of drug-likeness (QED) is 0.893. The van der Waals surface area contributed by atoms with Crippen LogP contribution in [-0.4, -0.2) is 28.3 Å². The summed E-state index contributed by atoms with van der Waals surface area (Å²) in [6.45, 7) is 2.41. The average Bonchev–Trinajstić information content (AvgIpc) is 3.02. The van der Waals surface area contributed by atoms with Gasteiger partial charge in [0.1, 0.15) is 11.6 Å². The van der Waals surface area contributed by atoms with Gasteiger partial charge in [0.2, 0.25) is 5.91 Å². The van der Waals surface area contributed by atoms with Crippen LogP contribution in [-0.2, 0) is 4.79 Å². The van der Waals surface area contributed by atoms with E-state index in [0.29, 0.717) is 24.3 Å². The Bertz CT molecular complexity index is 726. The molecule has 0 saturated carbocycles. The van der Waals surface area contributed by atoms with Crippen LogP contribution in [0, 0.1) is 18.3 Å². The Hall–Kier alpha value is -2.65. The maximum atomic E-state index is 12.1. The second kappa shape index (κ2) is 5.04. The Morgan fingerprint density at radius 2 is 2.10 bits per heavy atom. The van der Waals surface area contributed by atoms with Crippen molar-refractivity contribution in [3.63, 3.8) is 0 Å². The van der Waals surface area contributed by atoms with Crippen molar-refractivity contribution >= 4 is 11.7 Å². The van der Waals surface area contributed by atoms with E-state index in [1.807, 2.05) is 31.2 Å². The van der Waals surface area contributed by atoms with Gasteiger partial charge in [-0.25, -0.2) is 4.68 Å². The Morgan fingerprint density at radius 1 is 1.38 bits per heavy atom. The van der Waals surface area contributed by atoms with E-state index in [1.165, 1.54) is 6.20 Å². The van der Waals surface area contributed by atoms with E-state index < -0.39 is 0 Å². The molecule has 2 N–H and O–H groups in total. The highest BCUT2D eigenvalue weighted by Gasteiger charge is 2.32. The lowest BCUT2D eigenvalue weighted by atomic mass is 10.2. The van der Waals surface area contributed by atoms with Crippen LogP contribution >= 0.6 is 0 Å². The number of hydrogen-bond acceptors (Lipinski definition) is 4. The summed E-state index contributed by atoms with van der Waals surface area (Å²) in [4.78, 5) is 13.6. The van der Waals surface area contributed by atoms with E-state index in [2.05, 4.69) is 11.2 Å². The lowest BCUT2D eigenvalue weighted by Gasteiger charge is -2.18. The number of nitrogens with zero attached hydrogens (tertiary/aromatic N) is 4. The predicted octanol–water partition coefficient (Wildman–Crippen LogP) is 1.12. The van der Waals surface area contributed by atoms with E-state index in [1.54, 1.807) is 9.58 Å². The maximum absolute atomic E-state index is 12.1. The van der Waals surface area contributed by atoms with Gasteiger partial charge in [0.05, 0.1) is 11.9 Å². The normalized spacial score (nSPS) is 18.0. The number of nitrogens with two attached hydrogens (primary N) is 1. The van der Waals surface area contributed by atoms with Crippen molar-refractivity contribution in [3.8, 4) is 11.8 Å². The van der Waals surface area contributed by atoms with Crippen LogP contribution in [0.2, 0.25) is 0 Å². The molecule has 2 heterocycles. The molecule has 1 aromatic heterocycles. The third kappa shape index (κ3) is 2.28. The molecule has 6 nitrogen and oxygen atoms in total. The maximum Gasteiger partial charge on any atom is 0.229 e. The minimum atomic E-state index is -0.203. The van der Waals surface area contributed by atoms with Gasteiger partial charge >= 0.3 is 0 Å². The second-order valence-corrected chi connectivity index (χ2v) is 5.21. The standard InChI is InChI=1S/C15H15N5O/c1-10-2-4-13(5-3-10)20-15(11(7-16)8-18-20)19-9-12(17)6-14(19)21/h2-5,8,12H,6,9,17H2,1H3. The molecule has 0 radical (unpaired) electrons. The fourth-order valence-electron chi connectivity index (χ4n) is 2.50. The molecular formula is C15H15N5O. The SMILES string of the molecule is Cc1ccc(-n2ncc(C#N)c2N2CC(N)CC2=O)cc1. The minimum absolute atomic E-state index is 0.0761. The van der Waals surface area contributed by atoms with Crippen molar-refractivity contribution in [2.24, 2.45) is 5.73 Å². The molecule has 1 fully saturated rings. The molecule has 1 amide bonds. The molecule has 1 atom stereocenters. The molecule has 1 aliphatic heterocycles. The van der Waals surface area contributed by atoms with E-state index in [-0.39, 0.29) is 11.9 Å². The highest BCUT2D eigenvalue weighted by Crippen LogP contribution is 2.27. The molecule has 6 heteroatoms. The largest absolute Gasteiger partial charge is 0.326 e. The Kier molecular flexibility index (Phi) is 3.20. The molecular weight excluding hydrogens is 266 g/mol. The third-order valence-corrected chi connectivity index (χ3v) is 3.55. The van der Waals surface area contributed by atoms with E-state index in [4.69, 9.17) is 5.73 Å². The lowest BCUT2D eigenvalue weighted by molar-refractivity contribution is -0.117. The van der Waals surface area contributed by atoms with Gasteiger partial charge in [-0.2, -0.15) is 10.4 Å². The van der Waals surface area contributed by atoms with Crippen molar-refractivity contribution in [3.05, 3.63) is 41.6 Å². The van der Waals surface area contributed by atoms with Crippen LogP contribution in [0.5, 0.6) is 0 Å². The Labute approximate surface area is 122 Å². The summed E-state index contributed by atoms with van der Waals surface area (Å²) in [6.07, 6.45) is 1.77. The van der Waals surface area contributed by atoms with Gasteiger partial charge < -0.3 is 5.73 Å². The first-order valence-corrected chi connectivity index (χ1v) is 6.71. The zero-order valence-corrected chi connectivity index (χ0v) is 11.7. The van der Waals surface area contributed by atoms with Crippen molar-refractivity contribution in [2.75, 3.05) is 11.4 Å². The molecule has 2 aromatic rings. The van der Waals surface area contributed by atoms with Gasteiger partial charge in [-0.3, -0.25) is 9.69 Å². The number of nitriles is 1. The highest BCUT2D eigenvalue weighted by molar-refractivity contribution is 5.96. The van der Waals surface area contributed by atoms with Gasteiger partial charge in [-0.1, -0.05) is 17.7 Å².